The summed E-state index contributed by atoms with van der Waals surface area (Å²) >= 11 is 0. The Morgan fingerprint density at radius 3 is 2.77 bits per heavy atom. The van der Waals surface area contributed by atoms with Crippen molar-refractivity contribution in [2.45, 2.75) is 6.92 Å². The van der Waals surface area contributed by atoms with Gasteiger partial charge in [0.25, 0.3) is 0 Å². The molecule has 0 bridgehead atoms. The first-order chi connectivity index (χ1) is 6.15. The van der Waals surface area contributed by atoms with Crippen LogP contribution in [0.4, 0.5) is 4.39 Å². The minimum atomic E-state index is -0.277. The molecule has 1 N–H and O–H groups in total. The molecule has 0 aliphatic rings. The largest absolute Gasteiger partial charge is 0.313 e. The topological polar surface area (TPSA) is 29.1 Å². The minimum Gasteiger partial charge on any atom is -0.313 e. The second kappa shape index (κ2) is 4.14. The highest BCUT2D eigenvalue weighted by Crippen LogP contribution is 2.09. The lowest BCUT2D eigenvalue weighted by Gasteiger charge is -2.01. The Bertz CT molecular complexity index is 323. The highest BCUT2D eigenvalue weighted by molar-refractivity contribution is 5.97. The molecule has 13 heavy (non-hydrogen) atoms. The summed E-state index contributed by atoms with van der Waals surface area (Å²) in [6, 6.07) is 4.38. The predicted octanol–water partition coefficient (Wildman–Crippen LogP) is 1.54. The van der Waals surface area contributed by atoms with Gasteiger partial charge in [0.1, 0.15) is 5.82 Å². The van der Waals surface area contributed by atoms with Gasteiger partial charge >= 0.3 is 0 Å². The Morgan fingerprint density at radius 1 is 1.54 bits per heavy atom. The molecule has 3 heteroatoms. The predicted molar refractivity (Wildman–Crippen MR) is 49.4 cm³/mol. The van der Waals surface area contributed by atoms with Crippen molar-refractivity contribution >= 4 is 5.78 Å². The number of hydrogen-bond acceptors (Lipinski definition) is 2. The first-order valence-corrected chi connectivity index (χ1v) is 4.09. The Morgan fingerprint density at radius 2 is 2.23 bits per heavy atom. The van der Waals surface area contributed by atoms with E-state index >= 15 is 0 Å². The maximum Gasteiger partial charge on any atom is 0.176 e. The fraction of sp³-hybridized carbons (Fsp3) is 0.300. The van der Waals surface area contributed by atoms with Crippen LogP contribution in [0.2, 0.25) is 0 Å². The number of aryl methyl sites for hydroxylation is 1. The number of carbonyl (C=O) groups excluding carboxylic acids is 1. The lowest BCUT2D eigenvalue weighted by molar-refractivity contribution is 0.0993. The highest BCUT2D eigenvalue weighted by atomic mass is 19.1. The van der Waals surface area contributed by atoms with E-state index in [1.165, 1.54) is 12.1 Å². The number of nitrogens with one attached hydrogen (secondary N) is 1. The molecule has 0 aromatic heterocycles. The quantitative estimate of drug-likeness (QED) is 0.716. The summed E-state index contributed by atoms with van der Waals surface area (Å²) in [4.78, 5) is 11.3. The van der Waals surface area contributed by atoms with Gasteiger partial charge in [-0.2, -0.15) is 0 Å². The average Bonchev–Trinajstić information content (AvgIpc) is 2.10. The molecule has 0 heterocycles. The summed E-state index contributed by atoms with van der Waals surface area (Å²) in [5.41, 5.74) is 1.05. The summed E-state index contributed by atoms with van der Waals surface area (Å²) in [6.45, 7) is 1.93. The number of Topliss-reactive ketones (excluding diaryl/α,β-unsaturated/α-hetero) is 1. The molecule has 0 aliphatic heterocycles. The molecule has 0 amide bonds. The van der Waals surface area contributed by atoms with E-state index in [-0.39, 0.29) is 18.1 Å². The van der Waals surface area contributed by atoms with Crippen molar-refractivity contribution in [3.63, 3.8) is 0 Å². The minimum absolute atomic E-state index is 0.0226. The Labute approximate surface area is 76.8 Å². The molecule has 1 aromatic carbocycles. The van der Waals surface area contributed by atoms with Crippen molar-refractivity contribution in [2.24, 2.45) is 0 Å². The normalized spacial score (nSPS) is 10.1. The first kappa shape index (κ1) is 9.86. The van der Waals surface area contributed by atoms with Crippen molar-refractivity contribution in [3.8, 4) is 0 Å². The van der Waals surface area contributed by atoms with E-state index in [0.717, 1.165) is 0 Å². The van der Waals surface area contributed by atoms with Crippen LogP contribution in [0.5, 0.6) is 0 Å². The molecule has 1 aromatic rings. The van der Waals surface area contributed by atoms with Crippen molar-refractivity contribution < 1.29 is 9.18 Å². The molecular weight excluding hydrogens is 169 g/mol. The van der Waals surface area contributed by atoms with Crippen LogP contribution in [0.1, 0.15) is 15.9 Å². The van der Waals surface area contributed by atoms with Crippen molar-refractivity contribution in [1.29, 1.82) is 0 Å². The summed E-state index contributed by atoms with van der Waals surface area (Å²) in [7, 11) is 1.70. The molecule has 2 nitrogen and oxygen atoms in total. The van der Waals surface area contributed by atoms with Crippen LogP contribution >= 0.6 is 0 Å². The maximum atomic E-state index is 12.8. The van der Waals surface area contributed by atoms with Crippen molar-refractivity contribution in [1.82, 2.24) is 5.32 Å². The Kier molecular flexibility index (Phi) is 3.14. The van der Waals surface area contributed by atoms with Crippen molar-refractivity contribution in [3.05, 3.63) is 35.1 Å². The Balaban J connectivity index is 2.90. The van der Waals surface area contributed by atoms with Gasteiger partial charge in [0.2, 0.25) is 0 Å². The SMILES string of the molecule is CNCC(=O)c1ccc(F)c(C)c1. The number of likely N-dealkylation sites (N-methyl/N-ethyl adjacent to an activating group) is 1. The molecule has 1 rings (SSSR count). The van der Waals surface area contributed by atoms with E-state index in [9.17, 15) is 9.18 Å². The zero-order valence-corrected chi connectivity index (χ0v) is 7.73. The summed E-state index contributed by atoms with van der Waals surface area (Å²) in [5, 5.41) is 2.76. The van der Waals surface area contributed by atoms with E-state index in [1.807, 2.05) is 0 Å². The van der Waals surface area contributed by atoms with Gasteiger partial charge in [-0.25, -0.2) is 4.39 Å². The van der Waals surface area contributed by atoms with Gasteiger partial charge in [-0.3, -0.25) is 4.79 Å². The molecule has 0 radical (unpaired) electrons. The number of carbonyl (C=O) groups is 1. The number of rotatable bonds is 3. The fourth-order valence-corrected chi connectivity index (χ4v) is 1.08. The molecule has 0 fully saturated rings. The van der Waals surface area contributed by atoms with Gasteiger partial charge in [-0.05, 0) is 37.7 Å². The average molecular weight is 181 g/mol. The second-order valence-corrected chi connectivity index (χ2v) is 2.92. The van der Waals surface area contributed by atoms with E-state index in [4.69, 9.17) is 0 Å². The van der Waals surface area contributed by atoms with E-state index in [2.05, 4.69) is 5.32 Å². The first-order valence-electron chi connectivity index (χ1n) is 4.09. The van der Waals surface area contributed by atoms with Gasteiger partial charge in [-0.1, -0.05) is 0 Å². The molecule has 0 saturated heterocycles. The fourth-order valence-electron chi connectivity index (χ4n) is 1.08. The van der Waals surface area contributed by atoms with E-state index in [1.54, 1.807) is 20.0 Å². The maximum absolute atomic E-state index is 12.8. The second-order valence-electron chi connectivity index (χ2n) is 2.92. The smallest absolute Gasteiger partial charge is 0.176 e. The van der Waals surface area contributed by atoms with Crippen LogP contribution in [-0.2, 0) is 0 Å². The monoisotopic (exact) mass is 181 g/mol. The van der Waals surface area contributed by atoms with Gasteiger partial charge in [0.05, 0.1) is 6.54 Å². The van der Waals surface area contributed by atoms with Crippen LogP contribution in [0.3, 0.4) is 0 Å². The molecule has 0 saturated carbocycles. The van der Waals surface area contributed by atoms with Gasteiger partial charge in [-0.15, -0.1) is 0 Å². The number of ketones is 1. The van der Waals surface area contributed by atoms with E-state index < -0.39 is 0 Å². The molecular formula is C10H12FNO. The standard InChI is InChI=1S/C10H12FNO/c1-7-5-8(3-4-9(7)11)10(13)6-12-2/h3-5,12H,6H2,1-2H3. The molecule has 0 unspecified atom stereocenters. The zero-order chi connectivity index (χ0) is 9.84. The highest BCUT2D eigenvalue weighted by Gasteiger charge is 2.05. The lowest BCUT2D eigenvalue weighted by atomic mass is 10.1. The van der Waals surface area contributed by atoms with Crippen LogP contribution in [-0.4, -0.2) is 19.4 Å². The van der Waals surface area contributed by atoms with Gasteiger partial charge in [0, 0.05) is 5.56 Å². The van der Waals surface area contributed by atoms with Gasteiger partial charge in [0.15, 0.2) is 5.78 Å². The summed E-state index contributed by atoms with van der Waals surface area (Å²) < 4.78 is 12.8. The number of benzene rings is 1. The third-order valence-corrected chi connectivity index (χ3v) is 1.82. The third-order valence-electron chi connectivity index (χ3n) is 1.82. The lowest BCUT2D eigenvalue weighted by Crippen LogP contribution is -2.18. The third kappa shape index (κ3) is 2.36. The summed E-state index contributed by atoms with van der Waals surface area (Å²) in [5.74, 6) is -0.299. The van der Waals surface area contributed by atoms with Crippen molar-refractivity contribution in [2.75, 3.05) is 13.6 Å². The van der Waals surface area contributed by atoms with Crippen LogP contribution in [0.25, 0.3) is 0 Å². The van der Waals surface area contributed by atoms with E-state index in [0.29, 0.717) is 11.1 Å². The number of hydrogen-bond donors (Lipinski definition) is 1. The summed E-state index contributed by atoms with van der Waals surface area (Å²) in [6.07, 6.45) is 0. The molecule has 0 atom stereocenters. The zero-order valence-electron chi connectivity index (χ0n) is 7.73. The van der Waals surface area contributed by atoms with Gasteiger partial charge < -0.3 is 5.32 Å². The molecule has 70 valence electrons. The molecule has 0 spiro atoms. The Hall–Kier alpha value is -1.22. The van der Waals surface area contributed by atoms with Crippen LogP contribution < -0.4 is 5.32 Å². The van der Waals surface area contributed by atoms with Crippen LogP contribution in [0.15, 0.2) is 18.2 Å². The number of halogens is 1. The molecule has 0 aliphatic carbocycles. The van der Waals surface area contributed by atoms with Crippen LogP contribution in [0, 0.1) is 12.7 Å².